The van der Waals surface area contributed by atoms with Gasteiger partial charge in [-0.2, -0.15) is 0 Å². The van der Waals surface area contributed by atoms with E-state index in [1.807, 2.05) is 24.3 Å². The Morgan fingerprint density at radius 3 is 2.29 bits per heavy atom. The highest BCUT2D eigenvalue weighted by Gasteiger charge is 2.44. The molecule has 7 heteroatoms. The highest BCUT2D eigenvalue weighted by atomic mass is 32.2. The summed E-state index contributed by atoms with van der Waals surface area (Å²) in [6, 6.07) is 12.3. The average Bonchev–Trinajstić information content (AvgIpc) is 2.71. The summed E-state index contributed by atoms with van der Waals surface area (Å²) in [6.07, 6.45) is -2.64. The van der Waals surface area contributed by atoms with Crippen molar-refractivity contribution in [2.45, 2.75) is 48.8 Å². The van der Waals surface area contributed by atoms with Gasteiger partial charge in [-0.05, 0) is 29.2 Å². The number of thioether (sulfide) groups is 1. The molecule has 0 unspecified atom stereocenters. The van der Waals surface area contributed by atoms with E-state index in [0.29, 0.717) is 6.42 Å². The van der Waals surface area contributed by atoms with Crippen LogP contribution in [0.4, 0.5) is 4.39 Å². The van der Waals surface area contributed by atoms with Crippen molar-refractivity contribution >= 4 is 11.8 Å². The molecular formula is C21H25FO5S. The number of hydrogen-bond donors (Lipinski definition) is 4. The predicted octanol–water partition coefficient (Wildman–Crippen LogP) is 1.87. The molecule has 0 radical (unpaired) electrons. The first-order valence-corrected chi connectivity index (χ1v) is 10.2. The lowest BCUT2D eigenvalue weighted by atomic mass is 10.0. The Kier molecular flexibility index (Phi) is 6.95. The van der Waals surface area contributed by atoms with Crippen LogP contribution in [0.2, 0.25) is 0 Å². The number of benzene rings is 2. The minimum atomic E-state index is -1.46. The lowest BCUT2D eigenvalue weighted by molar-refractivity contribution is -0.0910. The van der Waals surface area contributed by atoms with Gasteiger partial charge in [-0.15, -0.1) is 11.8 Å². The van der Waals surface area contributed by atoms with Crippen LogP contribution < -0.4 is 4.74 Å². The van der Waals surface area contributed by atoms with Crippen LogP contribution in [0.25, 0.3) is 0 Å². The molecular weight excluding hydrogens is 383 g/mol. The zero-order valence-corrected chi connectivity index (χ0v) is 16.3. The van der Waals surface area contributed by atoms with E-state index in [2.05, 4.69) is 6.92 Å². The largest absolute Gasteiger partial charge is 0.477 e. The Hall–Kier alpha value is -1.64. The third kappa shape index (κ3) is 4.67. The van der Waals surface area contributed by atoms with Gasteiger partial charge < -0.3 is 25.2 Å². The summed E-state index contributed by atoms with van der Waals surface area (Å²) >= 11 is 1.02. The van der Waals surface area contributed by atoms with Gasteiger partial charge in [0.25, 0.3) is 0 Å². The molecule has 3 rings (SSSR count). The van der Waals surface area contributed by atoms with E-state index in [9.17, 15) is 24.8 Å². The van der Waals surface area contributed by atoms with Gasteiger partial charge in [0.15, 0.2) is 5.44 Å². The molecule has 0 amide bonds. The fourth-order valence-corrected chi connectivity index (χ4v) is 4.42. The van der Waals surface area contributed by atoms with Crippen molar-refractivity contribution in [3.8, 4) is 5.75 Å². The normalized spacial score (nSPS) is 27.6. The lowest BCUT2D eigenvalue weighted by Crippen LogP contribution is -2.55. The molecule has 1 heterocycles. The molecule has 1 aliphatic heterocycles. The summed E-state index contributed by atoms with van der Waals surface area (Å²) in [5, 5.41) is 38.9. The average molecular weight is 408 g/mol. The van der Waals surface area contributed by atoms with E-state index in [4.69, 9.17) is 4.74 Å². The van der Waals surface area contributed by atoms with Gasteiger partial charge in [0, 0.05) is 12.5 Å². The summed E-state index contributed by atoms with van der Waals surface area (Å²) in [7, 11) is 0. The topological polar surface area (TPSA) is 90.2 Å². The minimum absolute atomic E-state index is 0.261. The molecule has 1 aliphatic rings. The number of ether oxygens (including phenoxy) is 1. The quantitative estimate of drug-likeness (QED) is 0.584. The van der Waals surface area contributed by atoms with Crippen LogP contribution >= 0.6 is 11.8 Å². The zero-order valence-electron chi connectivity index (χ0n) is 15.5. The molecule has 2 aromatic carbocycles. The Morgan fingerprint density at radius 2 is 1.64 bits per heavy atom. The maximum Gasteiger partial charge on any atom is 0.173 e. The molecule has 0 aromatic heterocycles. The molecule has 0 aliphatic carbocycles. The Morgan fingerprint density at radius 1 is 0.964 bits per heavy atom. The van der Waals surface area contributed by atoms with Crippen LogP contribution in [0.5, 0.6) is 5.75 Å². The highest BCUT2D eigenvalue weighted by Crippen LogP contribution is 2.35. The van der Waals surface area contributed by atoms with Gasteiger partial charge in [-0.25, -0.2) is 4.39 Å². The number of rotatable bonds is 6. The molecule has 28 heavy (non-hydrogen) atoms. The van der Waals surface area contributed by atoms with Gasteiger partial charge in [-0.3, -0.25) is 0 Å². The summed E-state index contributed by atoms with van der Waals surface area (Å²) in [5.41, 5.74) is 2.05. The Bertz CT molecular complexity index is 783. The maximum absolute atomic E-state index is 13.8. The number of aliphatic hydroxyl groups excluding tert-OH is 4. The third-order valence-electron chi connectivity index (χ3n) is 4.95. The highest BCUT2D eigenvalue weighted by molar-refractivity contribution is 8.00. The third-order valence-corrected chi connectivity index (χ3v) is 6.37. The standard InChI is InChI=1S/C21H25FO5S/c1-2-12-3-5-13(6-4-12)9-14-7-8-15(22)10-16(14)27-21-20(26)19(25)18(24)17(11-23)28-21/h3-8,10,17-21,23-26H,2,9,11H2,1H3/t17-,18+,19-,20+,21-/m0/s1. The molecule has 5 atom stereocenters. The summed E-state index contributed by atoms with van der Waals surface area (Å²) in [6.45, 7) is 1.70. The van der Waals surface area contributed by atoms with Crippen molar-refractivity contribution in [1.82, 2.24) is 0 Å². The van der Waals surface area contributed by atoms with Gasteiger partial charge in [-0.1, -0.05) is 37.3 Å². The van der Waals surface area contributed by atoms with Crippen LogP contribution in [-0.4, -0.2) is 56.0 Å². The second-order valence-corrected chi connectivity index (χ2v) is 8.26. The zero-order chi connectivity index (χ0) is 20.3. The second kappa shape index (κ2) is 9.24. The number of hydrogen-bond acceptors (Lipinski definition) is 6. The molecule has 0 bridgehead atoms. The van der Waals surface area contributed by atoms with Gasteiger partial charge in [0.05, 0.1) is 18.0 Å². The van der Waals surface area contributed by atoms with Crippen molar-refractivity contribution in [2.75, 3.05) is 6.61 Å². The predicted molar refractivity (Wildman–Crippen MR) is 106 cm³/mol. The Labute approximate surface area is 167 Å². The molecule has 4 N–H and O–H groups in total. The van der Waals surface area contributed by atoms with Crippen molar-refractivity contribution < 1.29 is 29.6 Å². The minimum Gasteiger partial charge on any atom is -0.477 e. The molecule has 1 fully saturated rings. The van der Waals surface area contributed by atoms with Gasteiger partial charge in [0.1, 0.15) is 23.8 Å². The molecule has 152 valence electrons. The number of aryl methyl sites for hydroxylation is 1. The first kappa shape index (κ1) is 21.1. The second-order valence-electron chi connectivity index (χ2n) is 6.91. The van der Waals surface area contributed by atoms with Crippen LogP contribution in [0.15, 0.2) is 42.5 Å². The van der Waals surface area contributed by atoms with Crippen LogP contribution in [0, 0.1) is 5.82 Å². The summed E-state index contributed by atoms with van der Waals surface area (Å²) < 4.78 is 19.7. The molecule has 5 nitrogen and oxygen atoms in total. The number of halogens is 1. The Balaban J connectivity index is 1.82. The van der Waals surface area contributed by atoms with Gasteiger partial charge >= 0.3 is 0 Å². The first-order chi connectivity index (χ1) is 13.4. The van der Waals surface area contributed by atoms with E-state index < -0.39 is 34.8 Å². The van der Waals surface area contributed by atoms with E-state index in [1.54, 1.807) is 6.07 Å². The van der Waals surface area contributed by atoms with Crippen molar-refractivity contribution in [3.63, 3.8) is 0 Å². The van der Waals surface area contributed by atoms with E-state index in [0.717, 1.165) is 29.3 Å². The fraction of sp³-hybridized carbons (Fsp3) is 0.429. The van der Waals surface area contributed by atoms with Crippen LogP contribution in [-0.2, 0) is 12.8 Å². The van der Waals surface area contributed by atoms with Crippen molar-refractivity contribution in [2.24, 2.45) is 0 Å². The van der Waals surface area contributed by atoms with Crippen LogP contribution in [0.1, 0.15) is 23.6 Å². The van der Waals surface area contributed by atoms with E-state index >= 15 is 0 Å². The number of aliphatic hydroxyl groups is 4. The summed E-state index contributed by atoms with van der Waals surface area (Å²) in [4.78, 5) is 0. The smallest absolute Gasteiger partial charge is 0.173 e. The van der Waals surface area contributed by atoms with Crippen molar-refractivity contribution in [3.05, 3.63) is 65.0 Å². The molecule has 2 aromatic rings. The first-order valence-electron chi connectivity index (χ1n) is 9.26. The summed E-state index contributed by atoms with van der Waals surface area (Å²) in [5.74, 6) is -0.217. The lowest BCUT2D eigenvalue weighted by Gasteiger charge is -2.39. The van der Waals surface area contributed by atoms with Gasteiger partial charge in [0.2, 0.25) is 0 Å². The monoisotopic (exact) mass is 408 g/mol. The van der Waals surface area contributed by atoms with E-state index in [1.165, 1.54) is 17.7 Å². The van der Waals surface area contributed by atoms with Crippen molar-refractivity contribution in [1.29, 1.82) is 0 Å². The van der Waals surface area contributed by atoms with E-state index in [-0.39, 0.29) is 12.4 Å². The SMILES string of the molecule is CCc1ccc(Cc2ccc(F)cc2O[C@H]2S[C@@H](CO)[C@@H](O)[C@H](O)[C@H]2O)cc1. The molecule has 0 saturated carbocycles. The fourth-order valence-electron chi connectivity index (χ4n) is 3.19. The molecule has 0 spiro atoms. The maximum atomic E-state index is 13.8. The van der Waals surface area contributed by atoms with Crippen LogP contribution in [0.3, 0.4) is 0 Å². The molecule has 1 saturated heterocycles.